The average Bonchev–Trinajstić information content (AvgIpc) is 2.97. The average molecular weight is 263 g/mol. The molecule has 1 aliphatic heterocycles. The molecular formula is C12H17N5O2. The highest BCUT2D eigenvalue weighted by molar-refractivity contribution is 5.59. The van der Waals surface area contributed by atoms with E-state index in [1.54, 1.807) is 0 Å². The zero-order valence-corrected chi connectivity index (χ0v) is 11.3. The summed E-state index contributed by atoms with van der Waals surface area (Å²) < 4.78 is 12.6. The Morgan fingerprint density at radius 3 is 2.84 bits per heavy atom. The molecule has 0 spiro atoms. The standard InChI is InChI=1S/C12H17N5O2/c1-7-10(8(2)17(3)15-7)12-14-11(16-19-12)9-6-18-5-4-13-9/h9,13H,4-6H2,1-3H3. The molecule has 102 valence electrons. The van der Waals surface area contributed by atoms with E-state index in [4.69, 9.17) is 9.26 Å². The minimum Gasteiger partial charge on any atom is -0.378 e. The maximum Gasteiger partial charge on any atom is 0.261 e. The molecule has 3 heterocycles. The smallest absolute Gasteiger partial charge is 0.261 e. The van der Waals surface area contributed by atoms with Crippen molar-refractivity contribution in [2.75, 3.05) is 19.8 Å². The Morgan fingerprint density at radius 1 is 1.37 bits per heavy atom. The van der Waals surface area contributed by atoms with Gasteiger partial charge in [-0.2, -0.15) is 10.1 Å². The Kier molecular flexibility index (Phi) is 3.08. The molecule has 1 aliphatic rings. The van der Waals surface area contributed by atoms with Crippen LogP contribution in [0.2, 0.25) is 0 Å². The minimum absolute atomic E-state index is 0.00327. The van der Waals surface area contributed by atoms with Crippen molar-refractivity contribution < 1.29 is 9.26 Å². The molecule has 3 rings (SSSR count). The summed E-state index contributed by atoms with van der Waals surface area (Å²) in [6.45, 7) is 6.03. The molecule has 0 bridgehead atoms. The van der Waals surface area contributed by atoms with Gasteiger partial charge in [0.1, 0.15) is 0 Å². The van der Waals surface area contributed by atoms with E-state index in [9.17, 15) is 0 Å². The van der Waals surface area contributed by atoms with Crippen molar-refractivity contribution in [2.24, 2.45) is 7.05 Å². The topological polar surface area (TPSA) is 78.0 Å². The van der Waals surface area contributed by atoms with Gasteiger partial charge >= 0.3 is 0 Å². The van der Waals surface area contributed by atoms with Gasteiger partial charge in [0.2, 0.25) is 0 Å². The molecule has 1 atom stereocenters. The number of nitrogens with one attached hydrogen (secondary N) is 1. The van der Waals surface area contributed by atoms with Crippen molar-refractivity contribution in [3.8, 4) is 11.5 Å². The normalized spacial score (nSPS) is 19.8. The Labute approximate surface area is 110 Å². The predicted octanol–water partition coefficient (Wildman–Crippen LogP) is 0.748. The van der Waals surface area contributed by atoms with Crippen LogP contribution in [-0.2, 0) is 11.8 Å². The first kappa shape index (κ1) is 12.3. The van der Waals surface area contributed by atoms with E-state index in [2.05, 4.69) is 20.6 Å². The molecule has 0 saturated carbocycles. The SMILES string of the molecule is Cc1nn(C)c(C)c1-c1nc(C2COCCN2)no1. The molecule has 1 N–H and O–H groups in total. The van der Waals surface area contributed by atoms with Crippen LogP contribution < -0.4 is 5.32 Å². The summed E-state index contributed by atoms with van der Waals surface area (Å²) in [5.41, 5.74) is 2.82. The molecule has 1 fully saturated rings. The summed E-state index contributed by atoms with van der Waals surface area (Å²) in [6, 6.07) is 0.00327. The van der Waals surface area contributed by atoms with E-state index >= 15 is 0 Å². The molecule has 1 saturated heterocycles. The second kappa shape index (κ2) is 4.75. The first-order valence-electron chi connectivity index (χ1n) is 6.32. The monoisotopic (exact) mass is 263 g/mol. The number of morpholine rings is 1. The summed E-state index contributed by atoms with van der Waals surface area (Å²) in [5.74, 6) is 1.16. The van der Waals surface area contributed by atoms with Crippen molar-refractivity contribution in [1.82, 2.24) is 25.2 Å². The summed E-state index contributed by atoms with van der Waals surface area (Å²) in [5, 5.41) is 11.7. The molecule has 0 radical (unpaired) electrons. The minimum atomic E-state index is 0.00327. The Hall–Kier alpha value is -1.73. The zero-order valence-electron chi connectivity index (χ0n) is 11.3. The second-order valence-corrected chi connectivity index (χ2v) is 4.71. The van der Waals surface area contributed by atoms with E-state index < -0.39 is 0 Å². The molecular weight excluding hydrogens is 246 g/mol. The second-order valence-electron chi connectivity index (χ2n) is 4.71. The first-order valence-corrected chi connectivity index (χ1v) is 6.32. The van der Waals surface area contributed by atoms with Crippen LogP contribution in [0.1, 0.15) is 23.3 Å². The maximum atomic E-state index is 5.40. The molecule has 2 aromatic heterocycles. The number of hydrogen-bond donors (Lipinski definition) is 1. The first-order chi connectivity index (χ1) is 9.16. The van der Waals surface area contributed by atoms with E-state index in [0.717, 1.165) is 30.1 Å². The van der Waals surface area contributed by atoms with Crippen molar-refractivity contribution >= 4 is 0 Å². The lowest BCUT2D eigenvalue weighted by atomic mass is 10.2. The molecule has 7 heteroatoms. The lowest BCUT2D eigenvalue weighted by Gasteiger charge is -2.20. The van der Waals surface area contributed by atoms with Crippen LogP contribution in [-0.4, -0.2) is 39.7 Å². The van der Waals surface area contributed by atoms with Crippen LogP contribution in [0.4, 0.5) is 0 Å². The maximum absolute atomic E-state index is 5.40. The fourth-order valence-corrected chi connectivity index (χ4v) is 2.29. The number of ether oxygens (including phenoxy) is 1. The zero-order chi connectivity index (χ0) is 13.4. The number of aromatic nitrogens is 4. The number of rotatable bonds is 2. The summed E-state index contributed by atoms with van der Waals surface area (Å²) in [7, 11) is 1.90. The number of aryl methyl sites for hydroxylation is 2. The van der Waals surface area contributed by atoms with E-state index in [1.807, 2.05) is 25.6 Å². The van der Waals surface area contributed by atoms with Crippen LogP contribution in [0.15, 0.2) is 4.52 Å². The number of nitrogens with zero attached hydrogens (tertiary/aromatic N) is 4. The van der Waals surface area contributed by atoms with Crippen LogP contribution in [0.3, 0.4) is 0 Å². The molecule has 7 nitrogen and oxygen atoms in total. The van der Waals surface area contributed by atoms with Crippen molar-refractivity contribution in [2.45, 2.75) is 19.9 Å². The van der Waals surface area contributed by atoms with Crippen molar-refractivity contribution in [3.05, 3.63) is 17.2 Å². The fraction of sp³-hybridized carbons (Fsp3) is 0.583. The highest BCUT2D eigenvalue weighted by atomic mass is 16.5. The van der Waals surface area contributed by atoms with Crippen molar-refractivity contribution in [1.29, 1.82) is 0 Å². The van der Waals surface area contributed by atoms with Crippen LogP contribution in [0.5, 0.6) is 0 Å². The van der Waals surface area contributed by atoms with Gasteiger partial charge in [-0.1, -0.05) is 5.16 Å². The van der Waals surface area contributed by atoms with Gasteiger partial charge in [-0.05, 0) is 13.8 Å². The van der Waals surface area contributed by atoms with Gasteiger partial charge in [-0.15, -0.1) is 0 Å². The quantitative estimate of drug-likeness (QED) is 0.861. The van der Waals surface area contributed by atoms with Crippen LogP contribution >= 0.6 is 0 Å². The third-order valence-corrected chi connectivity index (χ3v) is 3.40. The van der Waals surface area contributed by atoms with Gasteiger partial charge in [-0.25, -0.2) is 0 Å². The van der Waals surface area contributed by atoms with E-state index in [-0.39, 0.29) is 6.04 Å². The molecule has 1 unspecified atom stereocenters. The third-order valence-electron chi connectivity index (χ3n) is 3.40. The van der Waals surface area contributed by atoms with Gasteiger partial charge in [0.15, 0.2) is 5.82 Å². The number of hydrogen-bond acceptors (Lipinski definition) is 6. The highest BCUT2D eigenvalue weighted by Crippen LogP contribution is 2.26. The van der Waals surface area contributed by atoms with Crippen molar-refractivity contribution in [3.63, 3.8) is 0 Å². The van der Waals surface area contributed by atoms with Gasteiger partial charge in [-0.3, -0.25) is 4.68 Å². The Bertz CT molecular complexity index is 583. The van der Waals surface area contributed by atoms with E-state index in [0.29, 0.717) is 18.3 Å². The lowest BCUT2D eigenvalue weighted by molar-refractivity contribution is 0.0734. The third kappa shape index (κ3) is 2.15. The van der Waals surface area contributed by atoms with Gasteiger partial charge in [0.05, 0.1) is 30.5 Å². The summed E-state index contributed by atoms with van der Waals surface area (Å²) in [6.07, 6.45) is 0. The molecule has 0 aliphatic carbocycles. The predicted molar refractivity (Wildman–Crippen MR) is 67.5 cm³/mol. The molecule has 2 aromatic rings. The summed E-state index contributed by atoms with van der Waals surface area (Å²) in [4.78, 5) is 4.47. The molecule has 0 amide bonds. The van der Waals surface area contributed by atoms with E-state index in [1.165, 1.54) is 0 Å². The van der Waals surface area contributed by atoms with Gasteiger partial charge in [0, 0.05) is 19.3 Å². The Balaban J connectivity index is 1.92. The largest absolute Gasteiger partial charge is 0.378 e. The van der Waals surface area contributed by atoms with Gasteiger partial charge in [0.25, 0.3) is 5.89 Å². The highest BCUT2D eigenvalue weighted by Gasteiger charge is 2.23. The fourth-order valence-electron chi connectivity index (χ4n) is 2.29. The van der Waals surface area contributed by atoms with Crippen LogP contribution in [0, 0.1) is 13.8 Å². The lowest BCUT2D eigenvalue weighted by Crippen LogP contribution is -2.35. The van der Waals surface area contributed by atoms with Crippen LogP contribution in [0.25, 0.3) is 11.5 Å². The summed E-state index contributed by atoms with van der Waals surface area (Å²) >= 11 is 0. The molecule has 0 aromatic carbocycles. The van der Waals surface area contributed by atoms with Gasteiger partial charge < -0.3 is 14.6 Å². The Morgan fingerprint density at radius 2 is 2.21 bits per heavy atom. The molecule has 19 heavy (non-hydrogen) atoms.